The van der Waals surface area contributed by atoms with Crippen molar-refractivity contribution in [1.82, 2.24) is 9.78 Å². The molecular formula is C13H13BrN2O. The molecule has 0 N–H and O–H groups in total. The van der Waals surface area contributed by atoms with Gasteiger partial charge in [0.25, 0.3) is 0 Å². The van der Waals surface area contributed by atoms with Gasteiger partial charge in [-0.05, 0) is 30.2 Å². The number of nitrogens with zero attached hydrogens (tertiary/aromatic N) is 2. The molecule has 0 unspecified atom stereocenters. The maximum Gasteiger partial charge on any atom is 0.152 e. The molecule has 4 heteroatoms. The van der Waals surface area contributed by atoms with Gasteiger partial charge in [0.05, 0.1) is 11.4 Å². The number of aldehydes is 1. The van der Waals surface area contributed by atoms with Gasteiger partial charge in [-0.15, -0.1) is 0 Å². The normalized spacial score (nSPS) is 10.8. The Balaban J connectivity index is 2.48. The number of halogens is 1. The highest BCUT2D eigenvalue weighted by atomic mass is 79.9. The molecule has 0 bridgehead atoms. The van der Waals surface area contributed by atoms with Crippen molar-refractivity contribution in [3.05, 3.63) is 46.2 Å². The second-order valence-corrected chi connectivity index (χ2v) is 5.08. The summed E-state index contributed by atoms with van der Waals surface area (Å²) in [6.45, 7) is 4.18. The fourth-order valence-corrected chi connectivity index (χ4v) is 1.99. The van der Waals surface area contributed by atoms with Gasteiger partial charge in [0.2, 0.25) is 0 Å². The number of carbonyl (C=O) groups is 1. The third-order valence-electron chi connectivity index (χ3n) is 2.56. The molecule has 0 saturated heterocycles. The Hall–Kier alpha value is -1.42. The van der Waals surface area contributed by atoms with Gasteiger partial charge < -0.3 is 0 Å². The Kier molecular flexibility index (Phi) is 3.43. The largest absolute Gasteiger partial charge is 0.298 e. The van der Waals surface area contributed by atoms with E-state index in [0.717, 1.165) is 22.1 Å². The molecule has 0 fully saturated rings. The Morgan fingerprint density at radius 1 is 1.35 bits per heavy atom. The molecule has 1 heterocycles. The van der Waals surface area contributed by atoms with Gasteiger partial charge in [-0.2, -0.15) is 5.10 Å². The van der Waals surface area contributed by atoms with E-state index in [0.29, 0.717) is 11.5 Å². The summed E-state index contributed by atoms with van der Waals surface area (Å²) in [5.74, 6) is 0.381. The molecule has 3 nitrogen and oxygen atoms in total. The highest BCUT2D eigenvalue weighted by molar-refractivity contribution is 9.10. The number of hydrogen-bond donors (Lipinski definition) is 0. The van der Waals surface area contributed by atoms with Crippen LogP contribution in [0.1, 0.15) is 35.8 Å². The Morgan fingerprint density at radius 2 is 2.12 bits per heavy atom. The van der Waals surface area contributed by atoms with Crippen LogP contribution in [0.3, 0.4) is 0 Å². The maximum atomic E-state index is 11.0. The smallest absolute Gasteiger partial charge is 0.152 e. The summed E-state index contributed by atoms with van der Waals surface area (Å²) in [6.07, 6.45) is 2.72. The van der Waals surface area contributed by atoms with Crippen LogP contribution in [0.15, 0.2) is 34.9 Å². The van der Waals surface area contributed by atoms with Crippen molar-refractivity contribution < 1.29 is 4.79 Å². The molecule has 1 aromatic carbocycles. The molecular weight excluding hydrogens is 280 g/mol. The molecule has 0 amide bonds. The molecule has 17 heavy (non-hydrogen) atoms. The van der Waals surface area contributed by atoms with E-state index >= 15 is 0 Å². The summed E-state index contributed by atoms with van der Waals surface area (Å²) >= 11 is 3.35. The molecule has 2 rings (SSSR count). The molecule has 0 spiro atoms. The van der Waals surface area contributed by atoms with E-state index in [1.807, 2.05) is 24.4 Å². The summed E-state index contributed by atoms with van der Waals surface area (Å²) in [6, 6.07) is 7.55. The predicted octanol–water partition coefficient (Wildman–Crippen LogP) is 3.57. The van der Waals surface area contributed by atoms with E-state index in [9.17, 15) is 4.79 Å². The molecule has 0 aliphatic rings. The molecule has 0 atom stereocenters. The van der Waals surface area contributed by atoms with E-state index in [4.69, 9.17) is 0 Å². The van der Waals surface area contributed by atoms with E-state index in [2.05, 4.69) is 34.9 Å². The SMILES string of the molecule is CC(C)c1ccn(-c2ccc(Br)cc2C=O)n1. The van der Waals surface area contributed by atoms with E-state index in [1.165, 1.54) is 0 Å². The quantitative estimate of drug-likeness (QED) is 0.811. The lowest BCUT2D eigenvalue weighted by molar-refractivity contribution is 0.112. The van der Waals surface area contributed by atoms with Gasteiger partial charge in [-0.3, -0.25) is 4.79 Å². The Bertz CT molecular complexity index is 546. The summed E-state index contributed by atoms with van der Waals surface area (Å²) in [7, 11) is 0. The first kappa shape index (κ1) is 12.0. The molecule has 0 aliphatic heterocycles. The second kappa shape index (κ2) is 4.84. The van der Waals surface area contributed by atoms with Crippen LogP contribution < -0.4 is 0 Å². The minimum Gasteiger partial charge on any atom is -0.298 e. The fraction of sp³-hybridized carbons (Fsp3) is 0.231. The summed E-state index contributed by atoms with van der Waals surface area (Å²) < 4.78 is 2.63. The minimum absolute atomic E-state index is 0.381. The lowest BCUT2D eigenvalue weighted by Crippen LogP contribution is -2.01. The standard InChI is InChI=1S/C13H13BrN2O/c1-9(2)12-5-6-16(15-12)13-4-3-11(14)7-10(13)8-17/h3-9H,1-2H3. The number of rotatable bonds is 3. The van der Waals surface area contributed by atoms with E-state index < -0.39 is 0 Å². The first-order valence-electron chi connectivity index (χ1n) is 5.42. The first-order chi connectivity index (χ1) is 8.11. The summed E-state index contributed by atoms with van der Waals surface area (Å²) in [4.78, 5) is 11.0. The second-order valence-electron chi connectivity index (χ2n) is 4.16. The van der Waals surface area contributed by atoms with E-state index in [1.54, 1.807) is 10.7 Å². The average Bonchev–Trinajstić information content (AvgIpc) is 2.78. The monoisotopic (exact) mass is 292 g/mol. The van der Waals surface area contributed by atoms with Crippen LogP contribution in [0.2, 0.25) is 0 Å². The van der Waals surface area contributed by atoms with Crippen LogP contribution in [0.25, 0.3) is 5.69 Å². The number of hydrogen-bond acceptors (Lipinski definition) is 2. The third-order valence-corrected chi connectivity index (χ3v) is 3.06. The number of benzene rings is 1. The van der Waals surface area contributed by atoms with Crippen molar-refractivity contribution in [3.8, 4) is 5.69 Å². The Morgan fingerprint density at radius 3 is 2.71 bits per heavy atom. The summed E-state index contributed by atoms with van der Waals surface area (Å²) in [5, 5.41) is 4.46. The number of aromatic nitrogens is 2. The van der Waals surface area contributed by atoms with Gasteiger partial charge >= 0.3 is 0 Å². The van der Waals surface area contributed by atoms with Gasteiger partial charge in [-0.1, -0.05) is 29.8 Å². The van der Waals surface area contributed by atoms with Crippen LogP contribution in [0.5, 0.6) is 0 Å². The van der Waals surface area contributed by atoms with Crippen LogP contribution in [0.4, 0.5) is 0 Å². The third kappa shape index (κ3) is 2.47. The first-order valence-corrected chi connectivity index (χ1v) is 6.22. The molecule has 0 saturated carbocycles. The van der Waals surface area contributed by atoms with Crippen LogP contribution in [0, 0.1) is 0 Å². The van der Waals surface area contributed by atoms with Gasteiger partial charge in [0, 0.05) is 16.2 Å². The lowest BCUT2D eigenvalue weighted by atomic mass is 10.1. The molecule has 0 aliphatic carbocycles. The minimum atomic E-state index is 0.381. The van der Waals surface area contributed by atoms with Crippen molar-refractivity contribution in [2.75, 3.05) is 0 Å². The lowest BCUT2D eigenvalue weighted by Gasteiger charge is -2.05. The van der Waals surface area contributed by atoms with Gasteiger partial charge in [0.1, 0.15) is 0 Å². The number of carbonyl (C=O) groups excluding carboxylic acids is 1. The molecule has 1 aromatic heterocycles. The van der Waals surface area contributed by atoms with Crippen molar-refractivity contribution in [2.24, 2.45) is 0 Å². The zero-order valence-corrected chi connectivity index (χ0v) is 11.3. The predicted molar refractivity (Wildman–Crippen MR) is 70.7 cm³/mol. The molecule has 0 radical (unpaired) electrons. The summed E-state index contributed by atoms with van der Waals surface area (Å²) in [5.41, 5.74) is 2.44. The van der Waals surface area contributed by atoms with E-state index in [-0.39, 0.29) is 0 Å². The zero-order chi connectivity index (χ0) is 12.4. The highest BCUT2D eigenvalue weighted by Crippen LogP contribution is 2.20. The molecule has 2 aromatic rings. The fourth-order valence-electron chi connectivity index (χ4n) is 1.61. The van der Waals surface area contributed by atoms with Crippen LogP contribution >= 0.6 is 15.9 Å². The van der Waals surface area contributed by atoms with Crippen molar-refractivity contribution in [2.45, 2.75) is 19.8 Å². The van der Waals surface area contributed by atoms with Crippen molar-refractivity contribution in [1.29, 1.82) is 0 Å². The average molecular weight is 293 g/mol. The van der Waals surface area contributed by atoms with Gasteiger partial charge in [0.15, 0.2) is 6.29 Å². The highest BCUT2D eigenvalue weighted by Gasteiger charge is 2.08. The van der Waals surface area contributed by atoms with Crippen molar-refractivity contribution >= 4 is 22.2 Å². The van der Waals surface area contributed by atoms with Crippen molar-refractivity contribution in [3.63, 3.8) is 0 Å². The Labute approximate surface area is 109 Å². The molecule has 88 valence electrons. The zero-order valence-electron chi connectivity index (χ0n) is 9.72. The van der Waals surface area contributed by atoms with Crippen LogP contribution in [-0.2, 0) is 0 Å². The topological polar surface area (TPSA) is 34.9 Å². The van der Waals surface area contributed by atoms with Gasteiger partial charge in [-0.25, -0.2) is 4.68 Å². The van der Waals surface area contributed by atoms with Crippen LogP contribution in [-0.4, -0.2) is 16.1 Å². The maximum absolute atomic E-state index is 11.0.